The van der Waals surface area contributed by atoms with Crippen LogP contribution < -0.4 is 0 Å². The molecule has 2 heterocycles. The number of carbonyl (C=O) groups is 1. The molecule has 8 heteroatoms. The van der Waals surface area contributed by atoms with Gasteiger partial charge >= 0.3 is 5.97 Å². The molecule has 2 rings (SSSR count). The van der Waals surface area contributed by atoms with Crippen LogP contribution in [-0.4, -0.2) is 101 Å². The van der Waals surface area contributed by atoms with Crippen molar-refractivity contribution in [1.82, 2.24) is 29.7 Å². The van der Waals surface area contributed by atoms with Crippen molar-refractivity contribution in [2.24, 2.45) is 0 Å². The van der Waals surface area contributed by atoms with Gasteiger partial charge in [-0.25, -0.2) is 4.79 Å². The smallest absolute Gasteiger partial charge is 0.358 e. The highest BCUT2D eigenvalue weighted by Gasteiger charge is 2.16. The molecule has 0 atom stereocenters. The lowest BCUT2D eigenvalue weighted by molar-refractivity contribution is 0.0690. The molecule has 1 aromatic rings. The Morgan fingerprint density at radius 2 is 1.81 bits per heavy atom. The van der Waals surface area contributed by atoms with Gasteiger partial charge in [-0.2, -0.15) is 0 Å². The van der Waals surface area contributed by atoms with Crippen LogP contribution in [-0.2, 0) is 6.54 Å². The van der Waals surface area contributed by atoms with Gasteiger partial charge in [-0.1, -0.05) is 5.21 Å². The van der Waals surface area contributed by atoms with E-state index in [9.17, 15) is 4.79 Å². The van der Waals surface area contributed by atoms with E-state index in [-0.39, 0.29) is 5.69 Å². The highest BCUT2D eigenvalue weighted by atomic mass is 16.4. The van der Waals surface area contributed by atoms with Crippen LogP contribution in [0.15, 0.2) is 6.20 Å². The molecule has 118 valence electrons. The van der Waals surface area contributed by atoms with E-state index in [1.54, 1.807) is 4.68 Å². The predicted octanol–water partition coefficient (Wildman–Crippen LogP) is -0.844. The van der Waals surface area contributed by atoms with E-state index >= 15 is 0 Å². The highest BCUT2D eigenvalue weighted by molar-refractivity contribution is 5.84. The molecular weight excluding hydrogens is 272 g/mol. The SMILES string of the molecule is CN(C)CCN1CCN(CCn2cc(C(=O)O)nn2)CC1. The maximum Gasteiger partial charge on any atom is 0.358 e. The van der Waals surface area contributed by atoms with Gasteiger partial charge in [-0.05, 0) is 14.1 Å². The Kier molecular flexibility index (Phi) is 5.66. The first kappa shape index (κ1) is 15.9. The summed E-state index contributed by atoms with van der Waals surface area (Å²) in [5, 5.41) is 16.2. The van der Waals surface area contributed by atoms with E-state index in [4.69, 9.17) is 5.11 Å². The standard InChI is InChI=1S/C13H24N6O2/c1-16(2)3-4-17-5-7-18(8-6-17)9-10-19-11-12(13(20)21)14-15-19/h11H,3-10H2,1-2H3,(H,20,21). The summed E-state index contributed by atoms with van der Waals surface area (Å²) in [6, 6.07) is 0. The number of nitrogens with zero attached hydrogens (tertiary/aromatic N) is 6. The van der Waals surface area contributed by atoms with Gasteiger partial charge in [-0.3, -0.25) is 14.5 Å². The van der Waals surface area contributed by atoms with Gasteiger partial charge in [0.25, 0.3) is 0 Å². The van der Waals surface area contributed by atoms with Crippen LogP contribution in [0, 0.1) is 0 Å². The number of rotatable bonds is 7. The maximum absolute atomic E-state index is 10.7. The summed E-state index contributed by atoms with van der Waals surface area (Å²) in [5.41, 5.74) is 0.00325. The second-order valence-corrected chi connectivity index (χ2v) is 5.66. The van der Waals surface area contributed by atoms with Gasteiger partial charge in [0, 0.05) is 45.8 Å². The number of hydrogen-bond donors (Lipinski definition) is 1. The predicted molar refractivity (Wildman–Crippen MR) is 78.4 cm³/mol. The van der Waals surface area contributed by atoms with E-state index in [0.717, 1.165) is 45.8 Å². The zero-order chi connectivity index (χ0) is 15.2. The first-order valence-electron chi connectivity index (χ1n) is 7.27. The summed E-state index contributed by atoms with van der Waals surface area (Å²) in [5.74, 6) is -1.03. The average Bonchev–Trinajstić information content (AvgIpc) is 2.93. The van der Waals surface area contributed by atoms with Gasteiger partial charge in [0.2, 0.25) is 0 Å². The van der Waals surface area contributed by atoms with Crippen LogP contribution >= 0.6 is 0 Å². The van der Waals surface area contributed by atoms with Crippen LogP contribution in [0.5, 0.6) is 0 Å². The molecule has 21 heavy (non-hydrogen) atoms. The minimum absolute atomic E-state index is 0.00325. The third-order valence-corrected chi connectivity index (χ3v) is 3.73. The minimum atomic E-state index is -1.03. The summed E-state index contributed by atoms with van der Waals surface area (Å²) in [4.78, 5) is 17.8. The highest BCUT2D eigenvalue weighted by Crippen LogP contribution is 2.02. The molecule has 1 aromatic heterocycles. The normalized spacial score (nSPS) is 17.5. The molecule has 0 saturated carbocycles. The quantitative estimate of drug-likeness (QED) is 0.702. The van der Waals surface area contributed by atoms with Crippen molar-refractivity contribution in [2.75, 3.05) is 59.9 Å². The van der Waals surface area contributed by atoms with Gasteiger partial charge < -0.3 is 10.0 Å². The Morgan fingerprint density at radius 1 is 1.19 bits per heavy atom. The Morgan fingerprint density at radius 3 is 2.33 bits per heavy atom. The lowest BCUT2D eigenvalue weighted by Crippen LogP contribution is -2.48. The van der Waals surface area contributed by atoms with Crippen LogP contribution in [0.2, 0.25) is 0 Å². The first-order valence-corrected chi connectivity index (χ1v) is 7.27. The largest absolute Gasteiger partial charge is 0.476 e. The topological polar surface area (TPSA) is 77.7 Å². The third kappa shape index (κ3) is 5.07. The molecule has 1 saturated heterocycles. The monoisotopic (exact) mass is 296 g/mol. The molecule has 0 radical (unpaired) electrons. The van der Waals surface area contributed by atoms with Crippen molar-refractivity contribution in [3.8, 4) is 0 Å². The van der Waals surface area contributed by atoms with Crippen molar-refractivity contribution < 1.29 is 9.90 Å². The molecule has 0 unspecified atom stereocenters. The Labute approximate surface area is 124 Å². The van der Waals surface area contributed by atoms with Gasteiger partial charge in [0.05, 0.1) is 12.7 Å². The Hall–Kier alpha value is -1.51. The molecule has 0 spiro atoms. The zero-order valence-electron chi connectivity index (χ0n) is 12.8. The fourth-order valence-electron chi connectivity index (χ4n) is 2.33. The summed E-state index contributed by atoms with van der Waals surface area (Å²) in [6.07, 6.45) is 1.48. The van der Waals surface area contributed by atoms with E-state index < -0.39 is 5.97 Å². The van der Waals surface area contributed by atoms with Crippen LogP contribution in [0.3, 0.4) is 0 Å². The van der Waals surface area contributed by atoms with Gasteiger partial charge in [0.15, 0.2) is 5.69 Å². The number of aromatic nitrogens is 3. The second kappa shape index (κ2) is 7.48. The molecule has 0 aliphatic carbocycles. The first-order chi connectivity index (χ1) is 10.0. The fraction of sp³-hybridized carbons (Fsp3) is 0.769. The summed E-state index contributed by atoms with van der Waals surface area (Å²) < 4.78 is 1.60. The minimum Gasteiger partial charge on any atom is -0.476 e. The molecule has 1 fully saturated rings. The fourth-order valence-corrected chi connectivity index (χ4v) is 2.33. The van der Waals surface area contributed by atoms with E-state index in [1.807, 2.05) is 0 Å². The third-order valence-electron chi connectivity index (χ3n) is 3.73. The van der Waals surface area contributed by atoms with Crippen molar-refractivity contribution >= 4 is 5.97 Å². The van der Waals surface area contributed by atoms with Crippen LogP contribution in [0.4, 0.5) is 0 Å². The lowest BCUT2D eigenvalue weighted by Gasteiger charge is -2.35. The molecule has 1 N–H and O–H groups in total. The van der Waals surface area contributed by atoms with Gasteiger partial charge in [-0.15, -0.1) is 5.10 Å². The average molecular weight is 296 g/mol. The molecular formula is C13H24N6O2. The summed E-state index contributed by atoms with van der Waals surface area (Å²) in [6.45, 7) is 8.05. The summed E-state index contributed by atoms with van der Waals surface area (Å²) >= 11 is 0. The molecule has 8 nitrogen and oxygen atoms in total. The molecule has 1 aliphatic rings. The van der Waals surface area contributed by atoms with Crippen LogP contribution in [0.25, 0.3) is 0 Å². The second-order valence-electron chi connectivity index (χ2n) is 5.66. The lowest BCUT2D eigenvalue weighted by atomic mass is 10.3. The van der Waals surface area contributed by atoms with E-state index in [2.05, 4.69) is 39.1 Å². The number of piperazine rings is 1. The number of carboxylic acids is 1. The number of hydrogen-bond acceptors (Lipinski definition) is 6. The Balaban J connectivity index is 1.67. The number of likely N-dealkylation sites (N-methyl/N-ethyl adjacent to an activating group) is 1. The zero-order valence-corrected chi connectivity index (χ0v) is 12.8. The van der Waals surface area contributed by atoms with Crippen molar-refractivity contribution in [3.63, 3.8) is 0 Å². The molecule has 0 aromatic carbocycles. The van der Waals surface area contributed by atoms with Crippen LogP contribution in [0.1, 0.15) is 10.5 Å². The maximum atomic E-state index is 10.7. The van der Waals surface area contributed by atoms with Crippen molar-refractivity contribution in [1.29, 1.82) is 0 Å². The number of carboxylic acid groups (broad SMARTS) is 1. The van der Waals surface area contributed by atoms with E-state index in [1.165, 1.54) is 6.20 Å². The van der Waals surface area contributed by atoms with Crippen molar-refractivity contribution in [2.45, 2.75) is 6.54 Å². The summed E-state index contributed by atoms with van der Waals surface area (Å²) in [7, 11) is 4.19. The molecule has 1 aliphatic heterocycles. The van der Waals surface area contributed by atoms with Gasteiger partial charge in [0.1, 0.15) is 0 Å². The van der Waals surface area contributed by atoms with E-state index in [0.29, 0.717) is 6.54 Å². The Bertz CT molecular complexity index is 453. The van der Waals surface area contributed by atoms with Crippen molar-refractivity contribution in [3.05, 3.63) is 11.9 Å². The number of aromatic carboxylic acids is 1. The molecule has 0 bridgehead atoms. The molecule has 0 amide bonds.